The number of rotatable bonds is 3. The molecule has 0 aliphatic carbocycles. The van der Waals surface area contributed by atoms with E-state index in [0.717, 1.165) is 7.11 Å². The highest BCUT2D eigenvalue weighted by molar-refractivity contribution is 6.30. The zero-order valence-corrected chi connectivity index (χ0v) is 14.5. The molecule has 26 heavy (non-hydrogen) atoms. The molecule has 0 atom stereocenters. The number of hydrogen-bond acceptors (Lipinski definition) is 5. The smallest absolute Gasteiger partial charge is 0.347 e. The van der Waals surface area contributed by atoms with Gasteiger partial charge in [-0.2, -0.15) is 0 Å². The van der Waals surface area contributed by atoms with Crippen LogP contribution in [-0.4, -0.2) is 22.8 Å². The summed E-state index contributed by atoms with van der Waals surface area (Å²) in [5, 5.41) is 10.5. The van der Waals surface area contributed by atoms with E-state index in [9.17, 15) is 19.1 Å². The van der Waals surface area contributed by atoms with Crippen LogP contribution >= 0.6 is 11.6 Å². The molecule has 3 rings (SSSR count). The van der Waals surface area contributed by atoms with E-state index in [4.69, 9.17) is 16.3 Å². The topological polar surface area (TPSA) is 77.8 Å². The Labute approximate surface area is 152 Å². The molecule has 6 nitrogen and oxygen atoms in total. The minimum absolute atomic E-state index is 0.0870. The van der Waals surface area contributed by atoms with Crippen LogP contribution in [0.1, 0.15) is 10.4 Å². The molecule has 0 saturated carbocycles. The maximum absolute atomic E-state index is 13.2. The molecular weight excluding hydrogens is 365 g/mol. The van der Waals surface area contributed by atoms with Crippen molar-refractivity contribution in [2.24, 2.45) is 7.05 Å². The summed E-state index contributed by atoms with van der Waals surface area (Å²) in [6, 6.07) is 8.43. The number of halogens is 2. The molecule has 0 fully saturated rings. The zero-order valence-electron chi connectivity index (χ0n) is 13.7. The lowest BCUT2D eigenvalue weighted by atomic mass is 10.1. The summed E-state index contributed by atoms with van der Waals surface area (Å²) in [6.07, 6.45) is 0. The van der Waals surface area contributed by atoms with E-state index in [-0.39, 0.29) is 10.4 Å². The lowest BCUT2D eigenvalue weighted by Crippen LogP contribution is -2.25. The van der Waals surface area contributed by atoms with Crippen LogP contribution in [0.15, 0.2) is 41.2 Å². The Morgan fingerprint density at radius 3 is 2.50 bits per heavy atom. The van der Waals surface area contributed by atoms with Gasteiger partial charge in [0.2, 0.25) is 0 Å². The first-order chi connectivity index (χ1) is 12.3. The molecule has 8 heteroatoms. The van der Waals surface area contributed by atoms with E-state index in [2.05, 4.69) is 4.74 Å². The second kappa shape index (κ2) is 6.68. The Kier molecular flexibility index (Phi) is 4.56. The van der Waals surface area contributed by atoms with Gasteiger partial charge >= 0.3 is 5.97 Å². The number of aromatic nitrogens is 1. The Morgan fingerprint density at radius 1 is 1.19 bits per heavy atom. The Morgan fingerprint density at radius 2 is 1.85 bits per heavy atom. The standard InChI is InChI=1S/C18H13ClFNO5/c1-21-14-8-10(26-9-4-6-13(20)12(19)7-9)3-5-11(14)16(22)15(17(21)23)18(24)25-2/h3-8,22H,1-2H3. The summed E-state index contributed by atoms with van der Waals surface area (Å²) < 4.78 is 24.6. The van der Waals surface area contributed by atoms with Crippen molar-refractivity contribution in [1.82, 2.24) is 4.57 Å². The summed E-state index contributed by atoms with van der Waals surface area (Å²) in [6.45, 7) is 0. The number of carbonyl (C=O) groups excluding carboxylic acids is 1. The SMILES string of the molecule is COC(=O)c1c(O)c2ccc(Oc3ccc(F)c(Cl)c3)cc2n(C)c1=O. The first-order valence-corrected chi connectivity index (χ1v) is 7.78. The molecule has 0 spiro atoms. The van der Waals surface area contributed by atoms with E-state index in [1.165, 1.54) is 48.0 Å². The van der Waals surface area contributed by atoms with Gasteiger partial charge in [-0.25, -0.2) is 9.18 Å². The molecular formula is C18H13ClFNO5. The van der Waals surface area contributed by atoms with Crippen molar-refractivity contribution in [3.8, 4) is 17.2 Å². The predicted molar refractivity (Wildman–Crippen MR) is 93.7 cm³/mol. The summed E-state index contributed by atoms with van der Waals surface area (Å²) in [4.78, 5) is 24.1. The van der Waals surface area contributed by atoms with Gasteiger partial charge in [0.05, 0.1) is 17.6 Å². The Balaban J connectivity index is 2.12. The highest BCUT2D eigenvalue weighted by Gasteiger charge is 2.22. The summed E-state index contributed by atoms with van der Waals surface area (Å²) >= 11 is 5.73. The molecule has 0 radical (unpaired) electrons. The van der Waals surface area contributed by atoms with Gasteiger partial charge in [-0.15, -0.1) is 0 Å². The van der Waals surface area contributed by atoms with Crippen molar-refractivity contribution in [1.29, 1.82) is 0 Å². The fourth-order valence-electron chi connectivity index (χ4n) is 2.53. The Hall–Kier alpha value is -3.06. The normalized spacial score (nSPS) is 10.8. The first-order valence-electron chi connectivity index (χ1n) is 7.40. The number of fused-ring (bicyclic) bond motifs is 1. The number of methoxy groups -OCH3 is 1. The minimum Gasteiger partial charge on any atom is -0.506 e. The number of pyridine rings is 1. The van der Waals surface area contributed by atoms with E-state index in [1.807, 2.05) is 0 Å². The van der Waals surface area contributed by atoms with Gasteiger partial charge in [-0.1, -0.05) is 11.6 Å². The molecule has 0 unspecified atom stereocenters. The summed E-state index contributed by atoms with van der Waals surface area (Å²) in [5.74, 6) is -1.32. The monoisotopic (exact) mass is 377 g/mol. The van der Waals surface area contributed by atoms with Crippen molar-refractivity contribution in [2.75, 3.05) is 7.11 Å². The third-order valence-corrected chi connectivity index (χ3v) is 4.15. The number of ether oxygens (including phenoxy) is 2. The maximum Gasteiger partial charge on any atom is 0.347 e. The largest absolute Gasteiger partial charge is 0.506 e. The van der Waals surface area contributed by atoms with E-state index in [0.29, 0.717) is 17.0 Å². The third-order valence-electron chi connectivity index (χ3n) is 3.86. The van der Waals surface area contributed by atoms with Crippen LogP contribution in [0.5, 0.6) is 17.2 Å². The number of aromatic hydroxyl groups is 1. The van der Waals surface area contributed by atoms with Crippen LogP contribution in [-0.2, 0) is 11.8 Å². The molecule has 0 bridgehead atoms. The lowest BCUT2D eigenvalue weighted by Gasteiger charge is -2.12. The van der Waals surface area contributed by atoms with Crippen molar-refractivity contribution < 1.29 is 23.8 Å². The van der Waals surface area contributed by atoms with Crippen LogP contribution < -0.4 is 10.3 Å². The number of hydrogen-bond donors (Lipinski definition) is 1. The summed E-state index contributed by atoms with van der Waals surface area (Å²) in [7, 11) is 2.57. The second-order valence-electron chi connectivity index (χ2n) is 5.44. The highest BCUT2D eigenvalue weighted by Crippen LogP contribution is 2.32. The van der Waals surface area contributed by atoms with E-state index >= 15 is 0 Å². The van der Waals surface area contributed by atoms with E-state index < -0.39 is 28.7 Å². The molecule has 1 heterocycles. The maximum atomic E-state index is 13.2. The van der Waals surface area contributed by atoms with Gasteiger partial charge in [0, 0.05) is 24.6 Å². The number of carbonyl (C=O) groups is 1. The van der Waals surface area contributed by atoms with E-state index in [1.54, 1.807) is 0 Å². The van der Waals surface area contributed by atoms with Gasteiger partial charge in [0.15, 0.2) is 5.56 Å². The van der Waals surface area contributed by atoms with Crippen molar-refractivity contribution in [2.45, 2.75) is 0 Å². The minimum atomic E-state index is -0.925. The molecule has 3 aromatic rings. The molecule has 1 aromatic heterocycles. The van der Waals surface area contributed by atoms with Crippen molar-refractivity contribution in [3.05, 3.63) is 63.2 Å². The van der Waals surface area contributed by atoms with Crippen LogP contribution in [0.2, 0.25) is 5.02 Å². The van der Waals surface area contributed by atoms with Gasteiger partial charge < -0.3 is 19.1 Å². The fourth-order valence-corrected chi connectivity index (χ4v) is 2.70. The number of nitrogens with zero attached hydrogens (tertiary/aromatic N) is 1. The molecule has 2 aromatic carbocycles. The third kappa shape index (κ3) is 2.97. The average Bonchev–Trinajstić information content (AvgIpc) is 2.62. The van der Waals surface area contributed by atoms with Gasteiger partial charge in [0.25, 0.3) is 5.56 Å². The first kappa shape index (κ1) is 17.8. The van der Waals surface area contributed by atoms with Crippen LogP contribution in [0, 0.1) is 5.82 Å². The fraction of sp³-hybridized carbons (Fsp3) is 0.111. The van der Waals surface area contributed by atoms with Crippen LogP contribution in [0.4, 0.5) is 4.39 Å². The van der Waals surface area contributed by atoms with Crippen molar-refractivity contribution in [3.63, 3.8) is 0 Å². The molecule has 0 amide bonds. The molecule has 0 saturated heterocycles. The predicted octanol–water partition coefficient (Wildman–Crippen LogP) is 3.62. The Bertz CT molecular complexity index is 1090. The number of esters is 1. The molecule has 1 N–H and O–H groups in total. The summed E-state index contributed by atoms with van der Waals surface area (Å²) in [5.41, 5.74) is -0.809. The molecule has 0 aliphatic heterocycles. The lowest BCUT2D eigenvalue weighted by molar-refractivity contribution is 0.0595. The van der Waals surface area contributed by atoms with Crippen LogP contribution in [0.25, 0.3) is 10.9 Å². The zero-order chi connectivity index (χ0) is 19.0. The average molecular weight is 378 g/mol. The van der Waals surface area contributed by atoms with Crippen LogP contribution in [0.3, 0.4) is 0 Å². The molecule has 134 valence electrons. The van der Waals surface area contributed by atoms with Gasteiger partial charge in [-0.3, -0.25) is 4.79 Å². The second-order valence-corrected chi connectivity index (χ2v) is 5.84. The number of benzene rings is 2. The van der Waals surface area contributed by atoms with Gasteiger partial charge in [-0.05, 0) is 24.3 Å². The van der Waals surface area contributed by atoms with Gasteiger partial charge in [0.1, 0.15) is 23.1 Å². The number of aryl methyl sites for hydroxylation is 1. The highest BCUT2D eigenvalue weighted by atomic mass is 35.5. The quantitative estimate of drug-likeness (QED) is 0.705. The van der Waals surface area contributed by atoms with Crippen molar-refractivity contribution >= 4 is 28.5 Å². The molecule has 0 aliphatic rings.